The number of hydrogen-bond donors (Lipinski definition) is 0. The Morgan fingerprint density at radius 1 is 0.186 bits per heavy atom. The van der Waals surface area contributed by atoms with E-state index in [1.165, 1.54) is 108 Å². The van der Waals surface area contributed by atoms with Gasteiger partial charge in [0.05, 0.1) is 0 Å². The Morgan fingerprint density at radius 2 is 0.500 bits per heavy atom. The van der Waals surface area contributed by atoms with Gasteiger partial charge in [0, 0.05) is 0 Å². The summed E-state index contributed by atoms with van der Waals surface area (Å²) in [5.74, 6) is 0. The summed E-state index contributed by atoms with van der Waals surface area (Å²) in [6.45, 7) is 0. The van der Waals surface area contributed by atoms with E-state index in [-0.39, 0.29) is 0 Å². The van der Waals surface area contributed by atoms with Gasteiger partial charge in [-0.05, 0) is 126 Å². The molecule has 0 amide bonds. The normalized spacial score (nSPS) is 12.0. The van der Waals surface area contributed by atoms with Crippen molar-refractivity contribution in [1.82, 2.24) is 0 Å². The lowest BCUT2D eigenvalue weighted by Gasteiger charge is -2.34. The summed E-state index contributed by atoms with van der Waals surface area (Å²) < 4.78 is 0. The summed E-state index contributed by atoms with van der Waals surface area (Å²) in [5.41, 5.74) is 10.2. The van der Waals surface area contributed by atoms with Gasteiger partial charge < -0.3 is 0 Å². The van der Waals surface area contributed by atoms with Crippen LogP contribution in [-0.4, -0.2) is 16.1 Å². The second-order valence-electron chi connectivity index (χ2n) is 18.7. The molecule has 12 aromatic rings. The van der Waals surface area contributed by atoms with Gasteiger partial charge in [0.2, 0.25) is 0 Å². The van der Waals surface area contributed by atoms with E-state index in [1.807, 2.05) is 0 Å². The molecular weight excluding hydrogens is 873 g/mol. The lowest BCUT2D eigenvalue weighted by Crippen LogP contribution is -2.74. The molecular formula is C68H48Si2. The lowest BCUT2D eigenvalue weighted by molar-refractivity contribution is 1.61. The largest absolute Gasteiger partial charge is 0.179 e. The third-order valence-corrected chi connectivity index (χ3v) is 24.7. The van der Waals surface area contributed by atoms with Crippen molar-refractivity contribution in [2.24, 2.45) is 0 Å². The molecule has 0 radical (unpaired) electrons. The molecule has 0 unspecified atom stereocenters. The first kappa shape index (κ1) is 41.8. The number of hydrogen-bond acceptors (Lipinski definition) is 0. The van der Waals surface area contributed by atoms with E-state index in [9.17, 15) is 0 Å². The van der Waals surface area contributed by atoms with Crippen LogP contribution in [0.25, 0.3) is 66.1 Å². The molecule has 0 aromatic heterocycles. The van der Waals surface area contributed by atoms with Crippen LogP contribution in [0.2, 0.25) is 0 Å². The van der Waals surface area contributed by atoms with E-state index < -0.39 is 16.1 Å². The molecule has 0 heterocycles. The highest BCUT2D eigenvalue weighted by Gasteiger charge is 2.43. The maximum atomic E-state index is 2.47. The molecule has 0 spiro atoms. The number of fused-ring (bicyclic) bond motifs is 4. The zero-order valence-corrected chi connectivity index (χ0v) is 40.7. The van der Waals surface area contributed by atoms with E-state index in [0.717, 1.165) is 0 Å². The summed E-state index contributed by atoms with van der Waals surface area (Å²) in [6, 6.07) is 110. The Kier molecular flexibility index (Phi) is 10.3. The molecule has 1 aliphatic carbocycles. The minimum atomic E-state index is -2.75. The topological polar surface area (TPSA) is 0 Å². The highest BCUT2D eigenvalue weighted by molar-refractivity contribution is 7.20. The monoisotopic (exact) mass is 920 g/mol. The van der Waals surface area contributed by atoms with E-state index in [2.05, 4.69) is 291 Å². The quantitative estimate of drug-likeness (QED) is 0.0947. The SMILES string of the molecule is c1ccc([Si](c2ccccc2)(c2ccccc2)c2ccc(-c3cc4cccc5c4c(c3-c3ccc([Si](c4ccccc4)(c4ccccc4)c4ccccc4)cc3)-c3cc4ccccc4cc3-5)cc2)cc1. The molecule has 0 N–H and O–H groups in total. The van der Waals surface area contributed by atoms with E-state index in [4.69, 9.17) is 0 Å². The Balaban J connectivity index is 1.06. The van der Waals surface area contributed by atoms with Crippen LogP contribution < -0.4 is 41.5 Å². The van der Waals surface area contributed by atoms with Crippen LogP contribution in [0.5, 0.6) is 0 Å². The van der Waals surface area contributed by atoms with Crippen molar-refractivity contribution in [3.8, 4) is 44.5 Å². The van der Waals surface area contributed by atoms with Crippen molar-refractivity contribution in [3.63, 3.8) is 0 Å². The van der Waals surface area contributed by atoms with Gasteiger partial charge in [-0.3, -0.25) is 0 Å². The Bertz CT molecular complexity index is 3620. The highest BCUT2D eigenvalue weighted by atomic mass is 28.3. The van der Waals surface area contributed by atoms with E-state index in [1.54, 1.807) is 0 Å². The van der Waals surface area contributed by atoms with E-state index >= 15 is 0 Å². The van der Waals surface area contributed by atoms with Gasteiger partial charge >= 0.3 is 0 Å². The van der Waals surface area contributed by atoms with Gasteiger partial charge in [0.15, 0.2) is 16.1 Å². The van der Waals surface area contributed by atoms with Crippen molar-refractivity contribution in [1.29, 1.82) is 0 Å². The molecule has 0 aliphatic heterocycles. The first-order valence-corrected chi connectivity index (χ1v) is 28.4. The van der Waals surface area contributed by atoms with Gasteiger partial charge in [-0.1, -0.05) is 273 Å². The predicted molar refractivity (Wildman–Crippen MR) is 304 cm³/mol. The second-order valence-corrected chi connectivity index (χ2v) is 26.3. The van der Waals surface area contributed by atoms with Crippen LogP contribution in [0.3, 0.4) is 0 Å². The molecule has 70 heavy (non-hydrogen) atoms. The fraction of sp³-hybridized carbons (Fsp3) is 0. The molecule has 0 atom stereocenters. The van der Waals surface area contributed by atoms with Crippen LogP contribution in [0.1, 0.15) is 0 Å². The average Bonchev–Trinajstić information content (AvgIpc) is 3.76. The lowest BCUT2D eigenvalue weighted by atomic mass is 9.86. The van der Waals surface area contributed by atoms with Gasteiger partial charge in [0.25, 0.3) is 0 Å². The minimum absolute atomic E-state index is 1.21. The van der Waals surface area contributed by atoms with Crippen LogP contribution in [0.4, 0.5) is 0 Å². The van der Waals surface area contributed by atoms with Gasteiger partial charge in [-0.25, -0.2) is 0 Å². The maximum absolute atomic E-state index is 2.75. The molecule has 0 saturated heterocycles. The zero-order chi connectivity index (χ0) is 46.5. The summed E-state index contributed by atoms with van der Waals surface area (Å²) in [5, 5.41) is 16.1. The Hall–Kier alpha value is -8.41. The number of rotatable bonds is 10. The fourth-order valence-electron chi connectivity index (χ4n) is 12.1. The average molecular weight is 921 g/mol. The maximum Gasteiger partial charge on any atom is 0.179 e. The summed E-state index contributed by atoms with van der Waals surface area (Å²) in [7, 11) is -5.48. The molecule has 328 valence electrons. The van der Waals surface area contributed by atoms with Crippen LogP contribution >= 0.6 is 0 Å². The minimum Gasteiger partial charge on any atom is -0.0623 e. The molecule has 12 aromatic carbocycles. The van der Waals surface area contributed by atoms with Gasteiger partial charge in [-0.15, -0.1) is 0 Å². The van der Waals surface area contributed by atoms with Crippen LogP contribution in [0.15, 0.2) is 291 Å². The van der Waals surface area contributed by atoms with Crippen molar-refractivity contribution in [2.45, 2.75) is 0 Å². The Morgan fingerprint density at radius 3 is 0.900 bits per heavy atom. The van der Waals surface area contributed by atoms with Gasteiger partial charge in [-0.2, -0.15) is 0 Å². The summed E-state index contributed by atoms with van der Waals surface area (Å²) >= 11 is 0. The molecule has 2 heteroatoms. The predicted octanol–water partition coefficient (Wildman–Crippen LogP) is 11.7. The standard InChI is InChI=1S/C68H48Si2/c1-7-25-54(26-8-1)69(55-27-9-2-10-28-55,56-29-11-3-12-30-56)60-42-38-49(39-43-60)63-48-53-24-21-37-62-64-46-51-22-19-20-23-52(51)47-65(64)68(67(53)62)66(63)50-40-44-61(45-41-50)70(57-31-13-4-14-32-57,58-33-15-5-16-34-58)59-35-17-6-18-36-59/h1-48H. The smallest absolute Gasteiger partial charge is 0.0623 e. The zero-order valence-electron chi connectivity index (χ0n) is 38.7. The molecule has 0 fully saturated rings. The molecule has 0 bridgehead atoms. The van der Waals surface area contributed by atoms with Gasteiger partial charge in [0.1, 0.15) is 0 Å². The molecule has 13 rings (SSSR count). The summed E-state index contributed by atoms with van der Waals surface area (Å²) in [6.07, 6.45) is 0. The van der Waals surface area contributed by atoms with E-state index in [0.29, 0.717) is 0 Å². The molecule has 1 aliphatic rings. The van der Waals surface area contributed by atoms with Crippen molar-refractivity contribution in [2.75, 3.05) is 0 Å². The molecule has 0 saturated carbocycles. The second kappa shape index (κ2) is 17.3. The summed E-state index contributed by atoms with van der Waals surface area (Å²) in [4.78, 5) is 0. The highest BCUT2D eigenvalue weighted by Crippen LogP contribution is 2.54. The first-order chi connectivity index (χ1) is 34.7. The third-order valence-electron chi connectivity index (χ3n) is 15.1. The molecule has 0 nitrogen and oxygen atoms in total. The third kappa shape index (κ3) is 6.56. The van der Waals surface area contributed by atoms with Crippen LogP contribution in [-0.2, 0) is 0 Å². The Labute approximate surface area is 412 Å². The number of benzene rings is 12. The van der Waals surface area contributed by atoms with Crippen molar-refractivity contribution >= 4 is 79.2 Å². The first-order valence-electron chi connectivity index (χ1n) is 24.4. The fourth-order valence-corrected chi connectivity index (χ4v) is 21.6. The van der Waals surface area contributed by atoms with Crippen molar-refractivity contribution in [3.05, 3.63) is 291 Å². The van der Waals surface area contributed by atoms with Crippen molar-refractivity contribution < 1.29 is 0 Å². The van der Waals surface area contributed by atoms with Crippen LogP contribution in [0, 0.1) is 0 Å².